The average Bonchev–Trinajstić information content (AvgIpc) is 3.35. The van der Waals surface area contributed by atoms with E-state index in [1.54, 1.807) is 49.2 Å². The van der Waals surface area contributed by atoms with Crippen LogP contribution in [-0.4, -0.2) is 46.6 Å². The molecule has 33 heavy (non-hydrogen) atoms. The molecule has 1 atom stereocenters. The smallest absolute Gasteiger partial charge is 0.332 e. The number of nitrogens with zero attached hydrogens (tertiary/aromatic N) is 4. The Morgan fingerprint density at radius 1 is 1.24 bits per heavy atom. The molecule has 1 aromatic heterocycles. The zero-order valence-corrected chi connectivity index (χ0v) is 19.5. The number of amides is 3. The molecular weight excluding hydrogens is 418 g/mol. The first-order valence-corrected chi connectivity index (χ1v) is 11.1. The predicted octanol–water partition coefficient (Wildman–Crippen LogP) is 3.83. The highest BCUT2D eigenvalue weighted by Crippen LogP contribution is 2.34. The van der Waals surface area contributed by atoms with E-state index < -0.39 is 11.0 Å². The second-order valence-electron chi connectivity index (χ2n) is 9.61. The molecule has 2 aliphatic heterocycles. The van der Waals surface area contributed by atoms with Crippen LogP contribution in [0.3, 0.4) is 0 Å². The van der Waals surface area contributed by atoms with E-state index in [1.165, 1.54) is 4.90 Å². The van der Waals surface area contributed by atoms with Crippen LogP contribution in [0.25, 0.3) is 0 Å². The van der Waals surface area contributed by atoms with Gasteiger partial charge in [-0.1, -0.05) is 12.1 Å². The number of carbonyl (C=O) groups excluding carboxylic acids is 2. The number of urea groups is 1. The molecule has 1 aromatic carbocycles. The summed E-state index contributed by atoms with van der Waals surface area (Å²) < 4.78 is 5.40. The van der Waals surface area contributed by atoms with E-state index in [2.05, 4.69) is 16.4 Å². The number of benzene rings is 1. The molecule has 3 amide bonds. The van der Waals surface area contributed by atoms with Crippen LogP contribution in [0.4, 0.5) is 16.3 Å². The van der Waals surface area contributed by atoms with E-state index >= 15 is 0 Å². The van der Waals surface area contributed by atoms with Crippen LogP contribution < -0.4 is 10.2 Å². The Morgan fingerprint density at radius 3 is 2.61 bits per heavy atom. The van der Waals surface area contributed by atoms with E-state index in [9.17, 15) is 14.9 Å². The molecule has 2 aromatic rings. The van der Waals surface area contributed by atoms with Crippen LogP contribution in [0.5, 0.6) is 0 Å². The molecule has 0 spiro atoms. The minimum Gasteiger partial charge on any atom is -0.379 e. The van der Waals surface area contributed by atoms with Gasteiger partial charge in [0.2, 0.25) is 0 Å². The molecule has 8 nitrogen and oxygen atoms in total. The molecule has 1 N–H and O–H groups in total. The number of carbonyl (C=O) groups is 2. The Labute approximate surface area is 194 Å². The van der Waals surface area contributed by atoms with E-state index in [-0.39, 0.29) is 24.5 Å². The lowest BCUT2D eigenvalue weighted by atomic mass is 9.86. The molecule has 8 heteroatoms. The van der Waals surface area contributed by atoms with Gasteiger partial charge in [0.05, 0.1) is 29.8 Å². The van der Waals surface area contributed by atoms with Gasteiger partial charge in [-0.3, -0.25) is 4.79 Å². The monoisotopic (exact) mass is 447 g/mol. The summed E-state index contributed by atoms with van der Waals surface area (Å²) in [7, 11) is 0. The molecule has 0 bridgehead atoms. The fourth-order valence-electron chi connectivity index (χ4n) is 4.11. The minimum absolute atomic E-state index is 0.226. The van der Waals surface area contributed by atoms with Crippen LogP contribution >= 0.6 is 0 Å². The fourth-order valence-corrected chi connectivity index (χ4v) is 4.11. The third kappa shape index (κ3) is 4.29. The normalized spacial score (nSPS) is 20.3. The predicted molar refractivity (Wildman–Crippen MR) is 125 cm³/mol. The zero-order valence-electron chi connectivity index (χ0n) is 19.5. The first-order chi connectivity index (χ1) is 15.6. The fraction of sp³-hybridized carbons (Fsp3) is 0.440. The molecular formula is C25H29N5O3. The van der Waals surface area contributed by atoms with Gasteiger partial charge in [0.15, 0.2) is 0 Å². The zero-order chi connectivity index (χ0) is 23.8. The Bertz CT molecular complexity index is 1100. The van der Waals surface area contributed by atoms with Gasteiger partial charge in [0.1, 0.15) is 11.4 Å². The Hall–Kier alpha value is -3.44. The second kappa shape index (κ2) is 8.49. The van der Waals surface area contributed by atoms with Crippen molar-refractivity contribution in [3.05, 3.63) is 53.7 Å². The third-order valence-corrected chi connectivity index (χ3v) is 6.40. The first kappa shape index (κ1) is 22.7. The second-order valence-corrected chi connectivity index (χ2v) is 9.61. The highest BCUT2D eigenvalue weighted by molar-refractivity contribution is 6.22. The Morgan fingerprint density at radius 2 is 1.97 bits per heavy atom. The Balaban J connectivity index is 1.55. The lowest BCUT2D eigenvalue weighted by Gasteiger charge is -2.27. The van der Waals surface area contributed by atoms with Gasteiger partial charge in [-0.25, -0.2) is 14.7 Å². The van der Waals surface area contributed by atoms with Gasteiger partial charge >= 0.3 is 6.03 Å². The highest BCUT2D eigenvalue weighted by atomic mass is 16.5. The van der Waals surface area contributed by atoms with E-state index in [4.69, 9.17) is 4.74 Å². The Kier molecular flexibility index (Phi) is 5.85. The van der Waals surface area contributed by atoms with Gasteiger partial charge in [-0.2, -0.15) is 5.26 Å². The van der Waals surface area contributed by atoms with Crippen LogP contribution in [0.15, 0.2) is 42.6 Å². The highest BCUT2D eigenvalue weighted by Gasteiger charge is 2.51. The topological polar surface area (TPSA) is 98.6 Å². The first-order valence-electron chi connectivity index (χ1n) is 11.1. The molecule has 0 unspecified atom stereocenters. The lowest BCUT2D eigenvalue weighted by Crippen LogP contribution is -2.43. The van der Waals surface area contributed by atoms with Crippen LogP contribution in [-0.2, 0) is 21.5 Å². The summed E-state index contributed by atoms with van der Waals surface area (Å²) in [4.78, 5) is 33.8. The van der Waals surface area contributed by atoms with Gasteiger partial charge < -0.3 is 15.0 Å². The van der Waals surface area contributed by atoms with Gasteiger partial charge in [0.25, 0.3) is 5.91 Å². The van der Waals surface area contributed by atoms with Crippen LogP contribution in [0.2, 0.25) is 0 Å². The van der Waals surface area contributed by atoms with Gasteiger partial charge in [0, 0.05) is 19.3 Å². The van der Waals surface area contributed by atoms with E-state index in [0.717, 1.165) is 30.0 Å². The standard InChI is InChI=1S/C25H29N5O3/c1-24(2,16-26)18-5-7-20(8-6-18)30-22(31)25(3,4)29(23(30)32)14-17-9-11-27-21(13-17)28-19-10-12-33-15-19/h5-9,11,13,19H,10,12,14-15H2,1-4H3,(H,27,28)/t19-/m0/s1. The van der Waals surface area contributed by atoms with Crippen molar-refractivity contribution >= 4 is 23.4 Å². The maximum atomic E-state index is 13.4. The molecule has 2 fully saturated rings. The number of imide groups is 1. The number of anilines is 2. The third-order valence-electron chi connectivity index (χ3n) is 6.40. The van der Waals surface area contributed by atoms with Crippen molar-refractivity contribution in [2.24, 2.45) is 0 Å². The summed E-state index contributed by atoms with van der Waals surface area (Å²) in [6.07, 6.45) is 2.63. The molecule has 2 saturated heterocycles. The summed E-state index contributed by atoms with van der Waals surface area (Å²) in [5.41, 5.74) is 0.553. The van der Waals surface area contributed by atoms with Crippen molar-refractivity contribution in [3.63, 3.8) is 0 Å². The van der Waals surface area contributed by atoms with Crippen LogP contribution in [0.1, 0.15) is 45.2 Å². The SMILES string of the molecule is CC(C)(C#N)c1ccc(N2C(=O)N(Cc3ccnc(N[C@H]4CCOC4)c3)C(C)(C)C2=O)cc1. The van der Waals surface area contributed by atoms with Crippen molar-refractivity contribution in [1.29, 1.82) is 5.26 Å². The molecule has 4 rings (SSSR count). The number of nitrogens with one attached hydrogen (secondary N) is 1. The number of ether oxygens (including phenoxy) is 1. The number of rotatable bonds is 6. The number of hydrogen-bond acceptors (Lipinski definition) is 6. The summed E-state index contributed by atoms with van der Waals surface area (Å²) in [5, 5.41) is 12.7. The van der Waals surface area contributed by atoms with Crippen molar-refractivity contribution in [3.8, 4) is 6.07 Å². The number of pyridine rings is 1. The summed E-state index contributed by atoms with van der Waals surface area (Å²) >= 11 is 0. The van der Waals surface area contributed by atoms with Crippen molar-refractivity contribution in [1.82, 2.24) is 9.88 Å². The molecule has 3 heterocycles. The van der Waals surface area contributed by atoms with E-state index in [1.807, 2.05) is 26.0 Å². The average molecular weight is 448 g/mol. The van der Waals surface area contributed by atoms with Crippen molar-refractivity contribution < 1.29 is 14.3 Å². The van der Waals surface area contributed by atoms with Crippen LogP contribution in [0, 0.1) is 11.3 Å². The van der Waals surface area contributed by atoms with Gasteiger partial charge in [-0.05, 0) is 69.5 Å². The maximum absolute atomic E-state index is 13.4. The minimum atomic E-state index is -1.00. The largest absolute Gasteiger partial charge is 0.379 e. The quantitative estimate of drug-likeness (QED) is 0.676. The number of hydrogen-bond donors (Lipinski definition) is 1. The molecule has 172 valence electrons. The summed E-state index contributed by atoms with van der Waals surface area (Å²) in [6.45, 7) is 8.85. The van der Waals surface area contributed by atoms with Crippen molar-refractivity contribution in [2.75, 3.05) is 23.4 Å². The lowest BCUT2D eigenvalue weighted by molar-refractivity contribution is -0.123. The molecule has 0 aliphatic carbocycles. The molecule has 2 aliphatic rings. The number of nitriles is 1. The molecule has 0 radical (unpaired) electrons. The molecule has 0 saturated carbocycles. The van der Waals surface area contributed by atoms with Crippen molar-refractivity contribution in [2.45, 2.75) is 57.7 Å². The summed E-state index contributed by atoms with van der Waals surface area (Å²) in [5.74, 6) is 0.446. The van der Waals surface area contributed by atoms with E-state index in [0.29, 0.717) is 12.3 Å². The number of aromatic nitrogens is 1. The summed E-state index contributed by atoms with van der Waals surface area (Å²) in [6, 6.07) is 12.9. The maximum Gasteiger partial charge on any atom is 0.332 e. The van der Waals surface area contributed by atoms with Gasteiger partial charge in [-0.15, -0.1) is 0 Å².